The Morgan fingerprint density at radius 2 is 1.86 bits per heavy atom. The molecule has 4 aliphatic rings. The molecule has 4 fully saturated rings. The van der Waals surface area contributed by atoms with Gasteiger partial charge in [-0.2, -0.15) is 9.97 Å². The van der Waals surface area contributed by atoms with Gasteiger partial charge in [0.05, 0.1) is 18.7 Å². The fraction of sp³-hybridized carbons (Fsp3) is 0.690. The number of carbonyl (C=O) groups excluding carboxylic acids is 1. The van der Waals surface area contributed by atoms with Crippen LogP contribution in [0.2, 0.25) is 5.02 Å². The van der Waals surface area contributed by atoms with E-state index in [0.717, 1.165) is 38.6 Å². The maximum atomic E-state index is 15.8. The summed E-state index contributed by atoms with van der Waals surface area (Å²) in [4.78, 5) is 28.1. The molecule has 43 heavy (non-hydrogen) atoms. The van der Waals surface area contributed by atoms with Crippen LogP contribution in [0.4, 0.5) is 19.4 Å². The molecular weight excluding hydrogens is 583 g/mol. The molecule has 4 heterocycles. The van der Waals surface area contributed by atoms with Gasteiger partial charge < -0.3 is 24.4 Å². The molecule has 1 amide bonds. The molecule has 1 aromatic heterocycles. The Kier molecular flexibility index (Phi) is 8.15. The Morgan fingerprint density at radius 1 is 1.16 bits per heavy atom. The Labute approximate surface area is 255 Å². The minimum atomic E-state index is -2.13. The first-order valence-electron chi connectivity index (χ1n) is 15.1. The van der Waals surface area contributed by atoms with E-state index >= 15 is 4.39 Å². The number of benzene rings is 1. The zero-order chi connectivity index (χ0) is 30.7. The number of nitrogens with zero attached hydrogens (tertiary/aromatic N) is 5. The lowest BCUT2D eigenvalue weighted by Crippen LogP contribution is -2.57. The summed E-state index contributed by atoms with van der Waals surface area (Å²) in [5.41, 5.74) is -1.38. The van der Waals surface area contributed by atoms with E-state index in [4.69, 9.17) is 26.1 Å². The van der Waals surface area contributed by atoms with Gasteiger partial charge in [0, 0.05) is 54.0 Å². The Bertz CT molecular complexity index is 1380. The number of halogens is 3. The number of piperazine rings is 1. The average molecular weight is 622 g/mol. The summed E-state index contributed by atoms with van der Waals surface area (Å²) < 4.78 is 41.5. The predicted molar refractivity (Wildman–Crippen MR) is 159 cm³/mol. The highest BCUT2D eigenvalue weighted by Gasteiger charge is 2.45. The van der Waals surface area contributed by atoms with Crippen LogP contribution in [-0.4, -0.2) is 106 Å². The van der Waals surface area contributed by atoms with Crippen molar-refractivity contribution in [1.29, 1.82) is 0 Å². The number of amides is 1. The molecule has 0 spiro atoms. The van der Waals surface area contributed by atoms with Crippen LogP contribution in [0.3, 0.4) is 0 Å². The van der Waals surface area contributed by atoms with Gasteiger partial charge in [-0.05, 0) is 58.9 Å². The van der Waals surface area contributed by atoms with Crippen molar-refractivity contribution in [2.24, 2.45) is 5.41 Å². The van der Waals surface area contributed by atoms with Crippen LogP contribution in [0.25, 0.3) is 10.9 Å². The van der Waals surface area contributed by atoms with Crippen molar-refractivity contribution in [3.05, 3.63) is 16.9 Å². The van der Waals surface area contributed by atoms with Crippen LogP contribution in [0, 0.1) is 11.2 Å². The van der Waals surface area contributed by atoms with Crippen LogP contribution in [-0.2, 0) is 4.74 Å². The molecule has 10 nitrogen and oxygen atoms in total. The number of alkyl halides is 1. The lowest BCUT2D eigenvalue weighted by Gasteiger charge is -2.43. The summed E-state index contributed by atoms with van der Waals surface area (Å²) in [6.45, 7) is 8.55. The van der Waals surface area contributed by atoms with E-state index in [9.17, 15) is 19.2 Å². The van der Waals surface area contributed by atoms with Gasteiger partial charge in [-0.1, -0.05) is 18.0 Å². The SMILES string of the molecule is CC(C)(C)OC(=O)N1C2CCC1CN(c1nc(OCC3(CN4CC[C@@H](F)C4)CCC3)nc3c(F)c(B(O)O)c(Cl)cc13)C2. The van der Waals surface area contributed by atoms with E-state index in [-0.39, 0.29) is 40.1 Å². The van der Waals surface area contributed by atoms with Crippen LogP contribution in [0.5, 0.6) is 6.01 Å². The van der Waals surface area contributed by atoms with E-state index in [0.29, 0.717) is 50.4 Å². The molecule has 14 heteroatoms. The second kappa shape index (κ2) is 11.5. The maximum Gasteiger partial charge on any atom is 0.493 e. The highest BCUT2D eigenvalue weighted by Crippen LogP contribution is 2.43. The number of hydrogen-bond acceptors (Lipinski definition) is 9. The van der Waals surface area contributed by atoms with Crippen LogP contribution < -0.4 is 15.1 Å². The molecule has 1 saturated carbocycles. The standard InChI is InChI=1S/C29H39BClF2N5O5/c1-28(2,3)43-27(39)38-18-5-6-19(38)14-37(13-18)25-20-11-21(31)22(30(40)41)23(33)24(20)34-26(35-25)42-16-29(8-4-9-29)15-36-10-7-17(32)12-36/h11,17-19,40-41H,4-10,12-16H2,1-3H3/t17-,18?,19?/m1/s1. The number of ether oxygens (including phenoxy) is 2. The topological polar surface area (TPSA) is 111 Å². The summed E-state index contributed by atoms with van der Waals surface area (Å²) in [5, 5.41) is 19.8. The average Bonchev–Trinajstić information content (AvgIpc) is 3.42. The van der Waals surface area contributed by atoms with Gasteiger partial charge in [-0.3, -0.25) is 9.80 Å². The first-order chi connectivity index (χ1) is 20.3. The number of anilines is 1. The van der Waals surface area contributed by atoms with Crippen molar-refractivity contribution in [1.82, 2.24) is 19.8 Å². The molecule has 1 aliphatic carbocycles. The molecule has 2 bridgehead atoms. The zero-order valence-electron chi connectivity index (χ0n) is 24.9. The first-order valence-corrected chi connectivity index (χ1v) is 15.5. The highest BCUT2D eigenvalue weighted by molar-refractivity contribution is 6.63. The van der Waals surface area contributed by atoms with Gasteiger partial charge in [0.15, 0.2) is 5.82 Å². The summed E-state index contributed by atoms with van der Waals surface area (Å²) in [5.74, 6) is -0.547. The van der Waals surface area contributed by atoms with Crippen LogP contribution >= 0.6 is 11.6 Å². The normalized spacial score (nSPS) is 25.3. The van der Waals surface area contributed by atoms with E-state index < -0.39 is 30.2 Å². The first kappa shape index (κ1) is 30.5. The summed E-state index contributed by atoms with van der Waals surface area (Å²) in [6, 6.07) is 1.17. The lowest BCUT2D eigenvalue weighted by molar-refractivity contribution is 0.0122. The molecule has 2 N–H and O–H groups in total. The number of carbonyl (C=O) groups is 1. The van der Waals surface area contributed by atoms with E-state index in [1.165, 1.54) is 6.07 Å². The fourth-order valence-electron chi connectivity index (χ4n) is 7.05. The maximum absolute atomic E-state index is 15.8. The van der Waals surface area contributed by atoms with Crippen molar-refractivity contribution >= 4 is 47.0 Å². The summed E-state index contributed by atoms with van der Waals surface area (Å²) in [6.07, 6.45) is 3.89. The zero-order valence-corrected chi connectivity index (χ0v) is 25.6. The summed E-state index contributed by atoms with van der Waals surface area (Å²) in [7, 11) is -2.13. The van der Waals surface area contributed by atoms with Crippen molar-refractivity contribution in [3.63, 3.8) is 0 Å². The molecule has 3 aliphatic heterocycles. The molecule has 0 radical (unpaired) electrons. The third kappa shape index (κ3) is 6.10. The number of hydrogen-bond donors (Lipinski definition) is 2. The molecule has 2 aromatic rings. The Balaban J connectivity index is 1.31. The number of likely N-dealkylation sites (tertiary alicyclic amines) is 1. The second-order valence-electron chi connectivity index (χ2n) is 13.6. The quantitative estimate of drug-likeness (QED) is 0.450. The number of aromatic nitrogens is 2. The molecule has 6 rings (SSSR count). The van der Waals surface area contributed by atoms with Gasteiger partial charge in [-0.25, -0.2) is 13.6 Å². The van der Waals surface area contributed by atoms with Crippen LogP contribution in [0.1, 0.15) is 59.3 Å². The van der Waals surface area contributed by atoms with Crippen LogP contribution in [0.15, 0.2) is 6.07 Å². The lowest BCUT2D eigenvalue weighted by atomic mass is 9.69. The van der Waals surface area contributed by atoms with Gasteiger partial charge >= 0.3 is 19.2 Å². The Morgan fingerprint density at radius 3 is 2.42 bits per heavy atom. The monoisotopic (exact) mass is 621 g/mol. The number of fused-ring (bicyclic) bond motifs is 3. The Hall–Kier alpha value is -2.48. The van der Waals surface area contributed by atoms with Gasteiger partial charge in [0.1, 0.15) is 23.1 Å². The van der Waals surface area contributed by atoms with E-state index in [1.807, 2.05) is 25.7 Å². The van der Waals surface area contributed by atoms with Crippen molar-refractivity contribution in [3.8, 4) is 6.01 Å². The van der Waals surface area contributed by atoms with E-state index in [2.05, 4.69) is 9.88 Å². The van der Waals surface area contributed by atoms with Gasteiger partial charge in [-0.15, -0.1) is 0 Å². The smallest absolute Gasteiger partial charge is 0.463 e. The minimum Gasteiger partial charge on any atom is -0.463 e. The molecular formula is C29H39BClF2N5O5. The highest BCUT2D eigenvalue weighted by atomic mass is 35.5. The van der Waals surface area contributed by atoms with Gasteiger partial charge in [0.25, 0.3) is 0 Å². The molecule has 3 saturated heterocycles. The molecule has 2 unspecified atom stereocenters. The van der Waals surface area contributed by atoms with Crippen molar-refractivity contribution < 1.29 is 33.1 Å². The van der Waals surface area contributed by atoms with Crippen molar-refractivity contribution in [2.45, 2.75) is 83.2 Å². The van der Waals surface area contributed by atoms with Crippen molar-refractivity contribution in [2.75, 3.05) is 44.2 Å². The largest absolute Gasteiger partial charge is 0.493 e. The molecule has 3 atom stereocenters. The second-order valence-corrected chi connectivity index (χ2v) is 14.0. The number of rotatable bonds is 7. The third-order valence-electron chi connectivity index (χ3n) is 9.22. The fourth-order valence-corrected chi connectivity index (χ4v) is 7.34. The minimum absolute atomic E-state index is 0.0277. The third-order valence-corrected chi connectivity index (χ3v) is 9.53. The molecule has 1 aromatic carbocycles. The predicted octanol–water partition coefficient (Wildman–Crippen LogP) is 3.28. The van der Waals surface area contributed by atoms with E-state index in [1.54, 1.807) is 4.90 Å². The summed E-state index contributed by atoms with van der Waals surface area (Å²) >= 11 is 6.32. The molecule has 234 valence electrons. The van der Waals surface area contributed by atoms with Gasteiger partial charge in [0.2, 0.25) is 0 Å².